The van der Waals surface area contributed by atoms with Crippen molar-refractivity contribution in [1.29, 1.82) is 0 Å². The summed E-state index contributed by atoms with van der Waals surface area (Å²) in [6, 6.07) is 9.29. The highest BCUT2D eigenvalue weighted by atomic mass is 16.5. The Labute approximate surface area is 98.0 Å². The van der Waals surface area contributed by atoms with Gasteiger partial charge in [0.05, 0.1) is 12.7 Å². The fourth-order valence-electron chi connectivity index (χ4n) is 1.75. The molecule has 2 heteroatoms. The van der Waals surface area contributed by atoms with Gasteiger partial charge in [-0.3, -0.25) is 0 Å². The molecular formula is C14H21NO. The second-order valence-electron chi connectivity index (χ2n) is 4.83. The van der Waals surface area contributed by atoms with E-state index in [1.54, 1.807) is 0 Å². The van der Waals surface area contributed by atoms with Gasteiger partial charge in [-0.2, -0.15) is 0 Å². The third kappa shape index (κ3) is 3.24. The van der Waals surface area contributed by atoms with Gasteiger partial charge in [-0.15, -0.1) is 0 Å². The van der Waals surface area contributed by atoms with Crippen molar-refractivity contribution >= 4 is 5.69 Å². The number of hydrogen-bond donors (Lipinski definition) is 1. The molecule has 16 heavy (non-hydrogen) atoms. The normalized spacial score (nSPS) is 16.2. The summed E-state index contributed by atoms with van der Waals surface area (Å²) < 4.78 is 5.56. The average molecular weight is 219 g/mol. The maximum absolute atomic E-state index is 5.56. The van der Waals surface area contributed by atoms with Gasteiger partial charge in [-0.05, 0) is 50.8 Å². The van der Waals surface area contributed by atoms with Crippen LogP contribution in [0.4, 0.5) is 5.69 Å². The van der Waals surface area contributed by atoms with Gasteiger partial charge in [0.25, 0.3) is 0 Å². The number of nitrogens with one attached hydrogen (secondary N) is 1. The van der Waals surface area contributed by atoms with Crippen molar-refractivity contribution < 1.29 is 4.74 Å². The lowest BCUT2D eigenvalue weighted by Crippen LogP contribution is -2.26. The van der Waals surface area contributed by atoms with Gasteiger partial charge >= 0.3 is 0 Å². The number of hydrogen-bond acceptors (Lipinski definition) is 2. The zero-order chi connectivity index (χ0) is 11.4. The molecule has 0 radical (unpaired) electrons. The highest BCUT2D eigenvalue weighted by Crippen LogP contribution is 2.23. The van der Waals surface area contributed by atoms with Crippen LogP contribution in [0.2, 0.25) is 0 Å². The number of benzene rings is 1. The van der Waals surface area contributed by atoms with Crippen LogP contribution in [0, 0.1) is 0 Å². The Morgan fingerprint density at radius 2 is 1.94 bits per heavy atom. The van der Waals surface area contributed by atoms with Crippen molar-refractivity contribution in [2.24, 2.45) is 0 Å². The Balaban J connectivity index is 1.83. The molecule has 0 saturated heterocycles. The van der Waals surface area contributed by atoms with Gasteiger partial charge in [0.1, 0.15) is 0 Å². The number of rotatable bonds is 5. The first-order chi connectivity index (χ1) is 7.74. The summed E-state index contributed by atoms with van der Waals surface area (Å²) in [6.45, 7) is 4.83. The summed E-state index contributed by atoms with van der Waals surface area (Å²) in [5.41, 5.74) is 2.48. The lowest BCUT2D eigenvalue weighted by atomic mass is 9.93. The van der Waals surface area contributed by atoms with Crippen molar-refractivity contribution in [3.8, 4) is 0 Å². The van der Waals surface area contributed by atoms with Crippen LogP contribution in [0.25, 0.3) is 0 Å². The molecule has 2 nitrogen and oxygen atoms in total. The van der Waals surface area contributed by atoms with E-state index >= 15 is 0 Å². The minimum atomic E-state index is 0.299. The minimum Gasteiger partial charge on any atom is -0.382 e. The molecule has 1 aromatic carbocycles. The zero-order valence-corrected chi connectivity index (χ0v) is 10.2. The standard InChI is InChI=1S/C14H21NO/c1-11(2)16-10-12-6-8-14(9-7-12)15-13-4-3-5-13/h6-9,11,13,15H,3-5,10H2,1-2H3. The lowest BCUT2D eigenvalue weighted by Gasteiger charge is -2.27. The van der Waals surface area contributed by atoms with Crippen LogP contribution in [0.3, 0.4) is 0 Å². The SMILES string of the molecule is CC(C)OCc1ccc(NC2CCC2)cc1. The highest BCUT2D eigenvalue weighted by molar-refractivity contribution is 5.45. The fraction of sp³-hybridized carbons (Fsp3) is 0.571. The molecule has 2 rings (SSSR count). The first kappa shape index (κ1) is 11.5. The predicted molar refractivity (Wildman–Crippen MR) is 67.6 cm³/mol. The third-order valence-corrected chi connectivity index (χ3v) is 3.01. The van der Waals surface area contributed by atoms with Gasteiger partial charge in [0.15, 0.2) is 0 Å². The van der Waals surface area contributed by atoms with E-state index in [9.17, 15) is 0 Å². The fourth-order valence-corrected chi connectivity index (χ4v) is 1.75. The monoisotopic (exact) mass is 219 g/mol. The van der Waals surface area contributed by atoms with Crippen LogP contribution >= 0.6 is 0 Å². The molecule has 0 bridgehead atoms. The first-order valence-corrected chi connectivity index (χ1v) is 6.21. The van der Waals surface area contributed by atoms with Crippen LogP contribution in [0.5, 0.6) is 0 Å². The van der Waals surface area contributed by atoms with Crippen molar-refractivity contribution in [2.75, 3.05) is 5.32 Å². The Morgan fingerprint density at radius 3 is 2.44 bits per heavy atom. The van der Waals surface area contributed by atoms with Crippen molar-refractivity contribution in [2.45, 2.75) is 51.9 Å². The molecule has 1 saturated carbocycles. The Hall–Kier alpha value is -1.02. The maximum atomic E-state index is 5.56. The second-order valence-corrected chi connectivity index (χ2v) is 4.83. The number of ether oxygens (including phenoxy) is 1. The Kier molecular flexibility index (Phi) is 3.83. The molecule has 1 aliphatic rings. The molecule has 0 amide bonds. The smallest absolute Gasteiger partial charge is 0.0720 e. The summed E-state index contributed by atoms with van der Waals surface area (Å²) in [5.74, 6) is 0. The minimum absolute atomic E-state index is 0.299. The van der Waals surface area contributed by atoms with E-state index in [0.717, 1.165) is 0 Å². The van der Waals surface area contributed by atoms with Crippen LogP contribution in [-0.4, -0.2) is 12.1 Å². The van der Waals surface area contributed by atoms with Gasteiger partial charge in [0.2, 0.25) is 0 Å². The molecule has 0 aromatic heterocycles. The summed E-state index contributed by atoms with van der Waals surface area (Å²) in [4.78, 5) is 0. The maximum Gasteiger partial charge on any atom is 0.0720 e. The second kappa shape index (κ2) is 5.35. The van der Waals surface area contributed by atoms with Gasteiger partial charge in [0, 0.05) is 11.7 Å². The summed E-state index contributed by atoms with van der Waals surface area (Å²) >= 11 is 0. The van der Waals surface area contributed by atoms with Crippen LogP contribution < -0.4 is 5.32 Å². The molecule has 0 atom stereocenters. The number of anilines is 1. The molecule has 1 aliphatic carbocycles. The quantitative estimate of drug-likeness (QED) is 0.817. The predicted octanol–water partition coefficient (Wildman–Crippen LogP) is 3.58. The molecule has 1 N–H and O–H groups in total. The van der Waals surface area contributed by atoms with Gasteiger partial charge < -0.3 is 10.1 Å². The zero-order valence-electron chi connectivity index (χ0n) is 10.2. The van der Waals surface area contributed by atoms with Crippen molar-refractivity contribution in [3.05, 3.63) is 29.8 Å². The van der Waals surface area contributed by atoms with E-state index in [1.807, 2.05) is 0 Å². The molecular weight excluding hydrogens is 198 g/mol. The van der Waals surface area contributed by atoms with Crippen molar-refractivity contribution in [3.63, 3.8) is 0 Å². The molecule has 0 spiro atoms. The van der Waals surface area contributed by atoms with Crippen LogP contribution in [0.15, 0.2) is 24.3 Å². The largest absolute Gasteiger partial charge is 0.382 e. The van der Waals surface area contributed by atoms with E-state index in [0.29, 0.717) is 18.8 Å². The third-order valence-electron chi connectivity index (χ3n) is 3.01. The lowest BCUT2D eigenvalue weighted by molar-refractivity contribution is 0.0657. The van der Waals surface area contributed by atoms with E-state index in [-0.39, 0.29) is 0 Å². The molecule has 0 heterocycles. The molecule has 0 aliphatic heterocycles. The van der Waals surface area contributed by atoms with Crippen molar-refractivity contribution in [1.82, 2.24) is 0 Å². The molecule has 1 aromatic rings. The van der Waals surface area contributed by atoms with Gasteiger partial charge in [-0.1, -0.05) is 12.1 Å². The molecule has 0 unspecified atom stereocenters. The first-order valence-electron chi connectivity index (χ1n) is 6.21. The Morgan fingerprint density at radius 1 is 1.25 bits per heavy atom. The van der Waals surface area contributed by atoms with Gasteiger partial charge in [-0.25, -0.2) is 0 Å². The van der Waals surface area contributed by atoms with E-state index in [4.69, 9.17) is 4.74 Å². The highest BCUT2D eigenvalue weighted by Gasteiger charge is 2.16. The average Bonchev–Trinajstić information content (AvgIpc) is 2.22. The van der Waals surface area contributed by atoms with Crippen LogP contribution in [-0.2, 0) is 11.3 Å². The Bertz CT molecular complexity index is 314. The van der Waals surface area contributed by atoms with Crippen LogP contribution in [0.1, 0.15) is 38.7 Å². The summed E-state index contributed by atoms with van der Waals surface area (Å²) in [5, 5.41) is 3.53. The van der Waals surface area contributed by atoms with E-state index in [2.05, 4.69) is 43.4 Å². The summed E-state index contributed by atoms with van der Waals surface area (Å²) in [7, 11) is 0. The summed E-state index contributed by atoms with van der Waals surface area (Å²) in [6.07, 6.45) is 4.31. The van der Waals surface area contributed by atoms with E-state index in [1.165, 1.54) is 30.5 Å². The molecule has 1 fully saturated rings. The topological polar surface area (TPSA) is 21.3 Å². The van der Waals surface area contributed by atoms with E-state index < -0.39 is 0 Å². The molecule has 88 valence electrons.